The first-order chi connectivity index (χ1) is 19.4. The Labute approximate surface area is 248 Å². The zero-order chi connectivity index (χ0) is 28.2. The molecule has 0 fully saturated rings. The van der Waals surface area contributed by atoms with Crippen molar-refractivity contribution >= 4 is 45.6 Å². The Kier molecular flexibility index (Phi) is 9.17. The summed E-state index contributed by atoms with van der Waals surface area (Å²) in [7, 11) is 0. The molecule has 5 rings (SSSR count). The third-order valence-electron chi connectivity index (χ3n) is 7.91. The molecule has 0 radical (unpaired) electrons. The van der Waals surface area contributed by atoms with Crippen molar-refractivity contribution in [3.63, 3.8) is 0 Å². The maximum atomic E-state index is 6.78. The molecular weight excluding hydrogens is 537 g/mol. The van der Waals surface area contributed by atoms with Crippen LogP contribution in [0.1, 0.15) is 62.0 Å². The van der Waals surface area contributed by atoms with Crippen LogP contribution >= 0.6 is 23.2 Å². The van der Waals surface area contributed by atoms with Crippen LogP contribution in [0.2, 0.25) is 10.0 Å². The number of nitrogens with zero attached hydrogens (tertiary/aromatic N) is 3. The number of hydrogen-bond acceptors (Lipinski definition) is 4. The van der Waals surface area contributed by atoms with Gasteiger partial charge in [0.25, 0.3) is 0 Å². The van der Waals surface area contributed by atoms with Crippen LogP contribution in [0.15, 0.2) is 71.9 Å². The fourth-order valence-electron chi connectivity index (χ4n) is 5.64. The van der Waals surface area contributed by atoms with Crippen LogP contribution in [0, 0.1) is 6.92 Å². The second-order valence-corrected chi connectivity index (χ2v) is 11.6. The predicted molar refractivity (Wildman–Crippen MR) is 170 cm³/mol. The fourth-order valence-corrected chi connectivity index (χ4v) is 6.05. The summed E-state index contributed by atoms with van der Waals surface area (Å²) in [6.45, 7) is 12.9. The molecule has 2 N–H and O–H groups in total. The van der Waals surface area contributed by atoms with Gasteiger partial charge in [-0.3, -0.25) is 5.32 Å². The summed E-state index contributed by atoms with van der Waals surface area (Å²) in [4.78, 5) is 7.66. The Morgan fingerprint density at radius 2 is 1.77 bits per heavy atom. The summed E-state index contributed by atoms with van der Waals surface area (Å²) in [6, 6.07) is 20.8. The van der Waals surface area contributed by atoms with Crippen molar-refractivity contribution < 1.29 is 0 Å². The average Bonchev–Trinajstić information content (AvgIpc) is 3.32. The Balaban J connectivity index is 1.46. The van der Waals surface area contributed by atoms with Crippen LogP contribution in [-0.2, 0) is 6.54 Å². The summed E-state index contributed by atoms with van der Waals surface area (Å²) in [5, 5.41) is 10.2. The molecule has 1 aromatic heterocycles. The molecule has 0 saturated carbocycles. The third-order valence-corrected chi connectivity index (χ3v) is 8.47. The van der Waals surface area contributed by atoms with Crippen LogP contribution in [-0.4, -0.2) is 41.0 Å². The highest BCUT2D eigenvalue weighted by molar-refractivity contribution is 6.35. The number of amidine groups is 1. The minimum absolute atomic E-state index is 0.0419. The van der Waals surface area contributed by atoms with Gasteiger partial charge in [0.1, 0.15) is 12.0 Å². The number of aromatic nitrogens is 1. The molecule has 0 spiro atoms. The topological polar surface area (TPSA) is 44.6 Å². The highest BCUT2D eigenvalue weighted by Crippen LogP contribution is 2.35. The highest BCUT2D eigenvalue weighted by Gasteiger charge is 2.27. The number of fused-ring (bicyclic) bond motifs is 2. The number of aryl methyl sites for hydroxylation is 1. The number of aliphatic imine (C=N–C) groups is 1. The monoisotopic (exact) mass is 575 g/mol. The first kappa shape index (κ1) is 28.7. The Hall–Kier alpha value is -2.83. The van der Waals surface area contributed by atoms with Gasteiger partial charge in [-0.1, -0.05) is 79.5 Å². The van der Waals surface area contributed by atoms with E-state index in [1.165, 1.54) is 17.5 Å². The molecule has 2 atom stereocenters. The van der Waals surface area contributed by atoms with Crippen molar-refractivity contribution in [1.29, 1.82) is 0 Å². The van der Waals surface area contributed by atoms with E-state index in [1.54, 1.807) is 0 Å². The Morgan fingerprint density at radius 3 is 2.52 bits per heavy atom. The number of hydrogen-bond donors (Lipinski definition) is 2. The third kappa shape index (κ3) is 6.23. The van der Waals surface area contributed by atoms with Gasteiger partial charge in [0, 0.05) is 40.3 Å². The lowest BCUT2D eigenvalue weighted by Gasteiger charge is -2.31. The molecule has 3 aromatic carbocycles. The largest absolute Gasteiger partial charge is 0.350 e. The summed E-state index contributed by atoms with van der Waals surface area (Å²) in [6.07, 6.45) is 4.41. The second kappa shape index (κ2) is 12.8. The van der Waals surface area contributed by atoms with Crippen molar-refractivity contribution in [2.75, 3.05) is 19.6 Å². The van der Waals surface area contributed by atoms with Gasteiger partial charge in [-0.25, -0.2) is 4.99 Å². The number of nitrogens with one attached hydrogen (secondary N) is 2. The van der Waals surface area contributed by atoms with Gasteiger partial charge in [0.05, 0.1) is 16.2 Å². The summed E-state index contributed by atoms with van der Waals surface area (Å²) in [5.74, 6) is 0.858. The summed E-state index contributed by atoms with van der Waals surface area (Å²) in [5.41, 5.74) is 6.59. The Bertz CT molecular complexity index is 1490. The number of benzene rings is 3. The Morgan fingerprint density at radius 1 is 1.02 bits per heavy atom. The van der Waals surface area contributed by atoms with E-state index < -0.39 is 0 Å². The van der Waals surface area contributed by atoms with E-state index in [1.807, 2.05) is 24.3 Å². The molecule has 0 amide bonds. The van der Waals surface area contributed by atoms with Crippen molar-refractivity contribution in [1.82, 2.24) is 20.1 Å². The molecule has 40 heavy (non-hydrogen) atoms. The average molecular weight is 577 g/mol. The second-order valence-electron chi connectivity index (χ2n) is 10.7. The molecule has 2 heterocycles. The molecular formula is C33H39Cl2N5. The van der Waals surface area contributed by atoms with Crippen molar-refractivity contribution in [2.24, 2.45) is 4.99 Å². The molecule has 7 heteroatoms. The zero-order valence-corrected chi connectivity index (χ0v) is 25.4. The van der Waals surface area contributed by atoms with Gasteiger partial charge < -0.3 is 14.8 Å². The molecule has 0 aliphatic carbocycles. The first-order valence-electron chi connectivity index (χ1n) is 14.3. The number of halogens is 2. The number of para-hydroxylation sites is 2. The number of rotatable bonds is 11. The van der Waals surface area contributed by atoms with Gasteiger partial charge in [0.15, 0.2) is 0 Å². The lowest BCUT2D eigenvalue weighted by molar-refractivity contribution is 0.287. The van der Waals surface area contributed by atoms with Crippen LogP contribution in [0.25, 0.3) is 10.9 Å². The molecule has 5 nitrogen and oxygen atoms in total. The van der Waals surface area contributed by atoms with Gasteiger partial charge in [-0.15, -0.1) is 0 Å². The first-order valence-corrected chi connectivity index (χ1v) is 15.1. The lowest BCUT2D eigenvalue weighted by Crippen LogP contribution is -2.44. The fraction of sp³-hybridized carbons (Fsp3) is 0.364. The van der Waals surface area contributed by atoms with Crippen LogP contribution in [0.5, 0.6) is 0 Å². The minimum Gasteiger partial charge on any atom is -0.350 e. The van der Waals surface area contributed by atoms with E-state index in [4.69, 9.17) is 28.2 Å². The standard InChI is InChI=1S/C33H39Cl2N5/c1-5-39(6-2)19-9-11-23(4)36-32-27-13-7-10-22(3)30(27)37-33(38-32)28-21-40(20-24-15-17-25(34)18-16-24)31-26(28)12-8-14-29(31)35/h7-8,10,12-18,21,23,32,36H,5-6,9,11,19-20H2,1-4H3,(H,37,38). The van der Waals surface area contributed by atoms with Gasteiger partial charge >= 0.3 is 0 Å². The molecule has 2 unspecified atom stereocenters. The van der Waals surface area contributed by atoms with E-state index >= 15 is 0 Å². The predicted octanol–water partition coefficient (Wildman–Crippen LogP) is 8.09. The summed E-state index contributed by atoms with van der Waals surface area (Å²) >= 11 is 12.9. The van der Waals surface area contributed by atoms with Crippen LogP contribution in [0.4, 0.5) is 5.69 Å². The van der Waals surface area contributed by atoms with Crippen molar-refractivity contribution in [3.8, 4) is 0 Å². The van der Waals surface area contributed by atoms with Gasteiger partial charge in [-0.2, -0.15) is 0 Å². The zero-order valence-electron chi connectivity index (χ0n) is 23.8. The van der Waals surface area contributed by atoms with Crippen LogP contribution < -0.4 is 10.6 Å². The van der Waals surface area contributed by atoms with E-state index in [0.29, 0.717) is 12.6 Å². The van der Waals surface area contributed by atoms with E-state index in [2.05, 4.69) is 90.4 Å². The quantitative estimate of drug-likeness (QED) is 0.190. The van der Waals surface area contributed by atoms with E-state index in [9.17, 15) is 0 Å². The van der Waals surface area contributed by atoms with Gasteiger partial charge in [0.2, 0.25) is 0 Å². The van der Waals surface area contributed by atoms with Crippen molar-refractivity contribution in [2.45, 2.75) is 59.3 Å². The van der Waals surface area contributed by atoms with Crippen molar-refractivity contribution in [3.05, 3.63) is 99.2 Å². The summed E-state index contributed by atoms with van der Waals surface area (Å²) < 4.78 is 2.21. The normalized spacial score (nSPS) is 15.7. The minimum atomic E-state index is -0.0419. The molecule has 0 bridgehead atoms. The molecule has 1 aliphatic heterocycles. The molecule has 0 saturated heterocycles. The smallest absolute Gasteiger partial charge is 0.137 e. The van der Waals surface area contributed by atoms with E-state index in [0.717, 1.165) is 69.7 Å². The van der Waals surface area contributed by atoms with E-state index in [-0.39, 0.29) is 6.17 Å². The maximum Gasteiger partial charge on any atom is 0.137 e. The van der Waals surface area contributed by atoms with Gasteiger partial charge in [-0.05, 0) is 75.6 Å². The maximum absolute atomic E-state index is 6.78. The lowest BCUT2D eigenvalue weighted by atomic mass is 10.0. The molecule has 1 aliphatic rings. The highest BCUT2D eigenvalue weighted by atomic mass is 35.5. The van der Waals surface area contributed by atoms with Crippen LogP contribution in [0.3, 0.4) is 0 Å². The molecule has 210 valence electrons. The molecule has 4 aromatic rings. The SMILES string of the molecule is CCN(CC)CCCC(C)NC1NC(c2cn(Cc3ccc(Cl)cc3)c3c(Cl)cccc23)=Nc2c(C)cccc21.